The molecule has 1 aliphatic rings. The van der Waals surface area contributed by atoms with Gasteiger partial charge in [0, 0.05) is 4.83 Å². The summed E-state index contributed by atoms with van der Waals surface area (Å²) in [5, 5.41) is 0. The molecule has 0 aromatic heterocycles. The smallest absolute Gasteiger partial charge is 0.0176 e. The van der Waals surface area contributed by atoms with Gasteiger partial charge < -0.3 is 0 Å². The molecule has 0 aromatic carbocycles. The van der Waals surface area contributed by atoms with Gasteiger partial charge in [0.25, 0.3) is 0 Å². The molecular formula is C10H19Br. The van der Waals surface area contributed by atoms with Crippen molar-refractivity contribution in [3.8, 4) is 0 Å². The Balaban J connectivity index is 2.57. The highest BCUT2D eigenvalue weighted by Gasteiger charge is 2.37. The van der Waals surface area contributed by atoms with Gasteiger partial charge in [0.2, 0.25) is 0 Å². The quantitative estimate of drug-likeness (QED) is 0.616. The first kappa shape index (κ1) is 9.57. The highest BCUT2D eigenvalue weighted by molar-refractivity contribution is 9.09. The first-order valence-corrected chi connectivity index (χ1v) is 5.63. The second-order valence-electron chi connectivity index (χ2n) is 4.41. The molecule has 1 fully saturated rings. The van der Waals surface area contributed by atoms with Crippen molar-refractivity contribution in [1.82, 2.24) is 0 Å². The second-order valence-corrected chi connectivity index (χ2v) is 5.59. The van der Waals surface area contributed by atoms with Gasteiger partial charge in [0.05, 0.1) is 0 Å². The van der Waals surface area contributed by atoms with Crippen molar-refractivity contribution in [2.45, 2.75) is 51.3 Å². The third kappa shape index (κ3) is 1.99. The van der Waals surface area contributed by atoms with E-state index in [9.17, 15) is 0 Å². The molecule has 1 saturated carbocycles. The molecule has 1 aliphatic carbocycles. The SMILES string of the molecule is CCC(Br)C1CCCC1(C)C. The monoisotopic (exact) mass is 218 g/mol. The Hall–Kier alpha value is 0.480. The fourth-order valence-corrected chi connectivity index (χ4v) is 3.29. The Morgan fingerprint density at radius 1 is 1.55 bits per heavy atom. The van der Waals surface area contributed by atoms with Crippen LogP contribution in [0.5, 0.6) is 0 Å². The van der Waals surface area contributed by atoms with Crippen LogP contribution >= 0.6 is 15.9 Å². The predicted octanol–water partition coefficient (Wildman–Crippen LogP) is 3.99. The molecule has 0 nitrogen and oxygen atoms in total. The molecule has 0 N–H and O–H groups in total. The third-order valence-electron chi connectivity index (χ3n) is 3.17. The van der Waals surface area contributed by atoms with Crippen molar-refractivity contribution in [2.75, 3.05) is 0 Å². The molecule has 11 heavy (non-hydrogen) atoms. The summed E-state index contributed by atoms with van der Waals surface area (Å²) in [6.07, 6.45) is 5.55. The van der Waals surface area contributed by atoms with Gasteiger partial charge in [-0.1, -0.05) is 43.1 Å². The van der Waals surface area contributed by atoms with E-state index in [-0.39, 0.29) is 0 Å². The molecule has 1 heteroatoms. The van der Waals surface area contributed by atoms with Crippen LogP contribution in [0, 0.1) is 11.3 Å². The largest absolute Gasteiger partial charge is 0.0888 e. The number of hydrogen-bond donors (Lipinski definition) is 0. The van der Waals surface area contributed by atoms with Crippen LogP contribution in [0.15, 0.2) is 0 Å². The van der Waals surface area contributed by atoms with E-state index < -0.39 is 0 Å². The lowest BCUT2D eigenvalue weighted by atomic mass is 9.79. The summed E-state index contributed by atoms with van der Waals surface area (Å²) in [5.74, 6) is 0.910. The Morgan fingerprint density at radius 2 is 2.18 bits per heavy atom. The van der Waals surface area contributed by atoms with Crippen molar-refractivity contribution in [1.29, 1.82) is 0 Å². The molecule has 0 radical (unpaired) electrons. The maximum Gasteiger partial charge on any atom is 0.0176 e. The molecule has 0 aromatic rings. The summed E-state index contributed by atoms with van der Waals surface area (Å²) in [6.45, 7) is 7.09. The van der Waals surface area contributed by atoms with Crippen LogP contribution in [0.3, 0.4) is 0 Å². The van der Waals surface area contributed by atoms with Gasteiger partial charge in [-0.05, 0) is 30.6 Å². The summed E-state index contributed by atoms with van der Waals surface area (Å²) in [6, 6.07) is 0. The summed E-state index contributed by atoms with van der Waals surface area (Å²) in [5.41, 5.74) is 0.587. The fraction of sp³-hybridized carbons (Fsp3) is 1.00. The van der Waals surface area contributed by atoms with Crippen molar-refractivity contribution >= 4 is 15.9 Å². The van der Waals surface area contributed by atoms with Crippen LogP contribution in [0.2, 0.25) is 0 Å². The van der Waals surface area contributed by atoms with Crippen molar-refractivity contribution in [3.05, 3.63) is 0 Å². The molecule has 0 saturated heterocycles. The van der Waals surface area contributed by atoms with Gasteiger partial charge >= 0.3 is 0 Å². The van der Waals surface area contributed by atoms with Gasteiger partial charge in [-0.3, -0.25) is 0 Å². The molecule has 2 atom stereocenters. The summed E-state index contributed by atoms with van der Waals surface area (Å²) < 4.78 is 0. The maximum absolute atomic E-state index is 3.78. The minimum Gasteiger partial charge on any atom is -0.0888 e. The van der Waals surface area contributed by atoms with E-state index in [0.29, 0.717) is 5.41 Å². The Bertz CT molecular complexity index is 129. The van der Waals surface area contributed by atoms with Crippen LogP contribution in [0.4, 0.5) is 0 Å². The Labute approximate surface area is 78.9 Å². The molecule has 2 unspecified atom stereocenters. The minimum atomic E-state index is 0.587. The highest BCUT2D eigenvalue weighted by Crippen LogP contribution is 2.46. The Kier molecular flexibility index (Phi) is 3.02. The van der Waals surface area contributed by atoms with Gasteiger partial charge in [-0.2, -0.15) is 0 Å². The van der Waals surface area contributed by atoms with Gasteiger partial charge in [0.15, 0.2) is 0 Å². The van der Waals surface area contributed by atoms with Gasteiger partial charge in [0.1, 0.15) is 0 Å². The van der Waals surface area contributed by atoms with E-state index >= 15 is 0 Å². The van der Waals surface area contributed by atoms with E-state index in [0.717, 1.165) is 10.7 Å². The first-order valence-electron chi connectivity index (χ1n) is 4.72. The highest BCUT2D eigenvalue weighted by atomic mass is 79.9. The molecule has 0 aliphatic heterocycles. The van der Waals surface area contributed by atoms with Crippen molar-refractivity contribution < 1.29 is 0 Å². The van der Waals surface area contributed by atoms with E-state index in [2.05, 4.69) is 36.7 Å². The zero-order valence-corrected chi connectivity index (χ0v) is 9.45. The van der Waals surface area contributed by atoms with E-state index in [4.69, 9.17) is 0 Å². The van der Waals surface area contributed by atoms with Crippen LogP contribution in [-0.4, -0.2) is 4.83 Å². The number of hydrogen-bond acceptors (Lipinski definition) is 0. The molecular weight excluding hydrogens is 200 g/mol. The van der Waals surface area contributed by atoms with Gasteiger partial charge in [-0.25, -0.2) is 0 Å². The van der Waals surface area contributed by atoms with Crippen LogP contribution in [0.1, 0.15) is 46.5 Å². The number of alkyl halides is 1. The topological polar surface area (TPSA) is 0 Å². The van der Waals surface area contributed by atoms with Crippen molar-refractivity contribution in [3.63, 3.8) is 0 Å². The van der Waals surface area contributed by atoms with Crippen LogP contribution in [-0.2, 0) is 0 Å². The molecule has 0 amide bonds. The first-order chi connectivity index (χ1) is 5.08. The number of rotatable bonds is 2. The lowest BCUT2D eigenvalue weighted by Crippen LogP contribution is -2.25. The predicted molar refractivity (Wildman–Crippen MR) is 54.1 cm³/mol. The van der Waals surface area contributed by atoms with E-state index in [1.807, 2.05) is 0 Å². The van der Waals surface area contributed by atoms with E-state index in [1.54, 1.807) is 0 Å². The Morgan fingerprint density at radius 3 is 2.55 bits per heavy atom. The maximum atomic E-state index is 3.78. The fourth-order valence-electron chi connectivity index (χ4n) is 2.31. The van der Waals surface area contributed by atoms with Crippen molar-refractivity contribution in [2.24, 2.45) is 11.3 Å². The van der Waals surface area contributed by atoms with E-state index in [1.165, 1.54) is 25.7 Å². The number of halogens is 1. The average molecular weight is 219 g/mol. The lowest BCUT2D eigenvalue weighted by Gasteiger charge is -2.30. The average Bonchev–Trinajstić information content (AvgIpc) is 2.28. The minimum absolute atomic E-state index is 0.587. The molecule has 1 rings (SSSR count). The molecule has 66 valence electrons. The van der Waals surface area contributed by atoms with Gasteiger partial charge in [-0.15, -0.1) is 0 Å². The zero-order valence-electron chi connectivity index (χ0n) is 7.86. The van der Waals surface area contributed by atoms with Crippen LogP contribution in [0.25, 0.3) is 0 Å². The summed E-state index contributed by atoms with van der Waals surface area (Å²) >= 11 is 3.78. The molecule has 0 bridgehead atoms. The second kappa shape index (κ2) is 3.47. The third-order valence-corrected chi connectivity index (χ3v) is 4.45. The lowest BCUT2D eigenvalue weighted by molar-refractivity contribution is 0.253. The summed E-state index contributed by atoms with van der Waals surface area (Å²) in [4.78, 5) is 0.750. The molecule has 0 spiro atoms. The normalized spacial score (nSPS) is 32.2. The zero-order chi connectivity index (χ0) is 8.48. The standard InChI is InChI=1S/C10H19Br/c1-4-9(11)8-6-5-7-10(8,2)3/h8-9H,4-7H2,1-3H3. The van der Waals surface area contributed by atoms with Crippen LogP contribution < -0.4 is 0 Å². The summed E-state index contributed by atoms with van der Waals surface area (Å²) in [7, 11) is 0. The molecule has 0 heterocycles.